The van der Waals surface area contributed by atoms with Crippen LogP contribution in [0.2, 0.25) is 0 Å². The number of hydrogen-bond acceptors (Lipinski definition) is 5. The van der Waals surface area contributed by atoms with Gasteiger partial charge in [-0.1, -0.05) is 5.16 Å². The van der Waals surface area contributed by atoms with Gasteiger partial charge in [0.25, 0.3) is 0 Å². The molecule has 1 aromatic heterocycles. The zero-order valence-corrected chi connectivity index (χ0v) is 9.85. The molecule has 0 aliphatic carbocycles. The fourth-order valence-electron chi connectivity index (χ4n) is 2.39. The van der Waals surface area contributed by atoms with Crippen molar-refractivity contribution in [2.24, 2.45) is 11.7 Å². The number of nitrogens with zero attached hydrogens (tertiary/aromatic N) is 3. The van der Waals surface area contributed by atoms with E-state index in [1.165, 1.54) is 19.4 Å². The Labute approximate surface area is 96.0 Å². The summed E-state index contributed by atoms with van der Waals surface area (Å²) in [5.74, 6) is 2.15. The average molecular weight is 224 g/mol. The number of aromatic nitrogens is 2. The summed E-state index contributed by atoms with van der Waals surface area (Å²) < 4.78 is 4.99. The smallest absolute Gasteiger partial charge is 0.223 e. The van der Waals surface area contributed by atoms with E-state index < -0.39 is 0 Å². The predicted molar refractivity (Wildman–Crippen MR) is 61.0 cm³/mol. The van der Waals surface area contributed by atoms with Crippen molar-refractivity contribution < 1.29 is 4.52 Å². The van der Waals surface area contributed by atoms with Crippen LogP contribution >= 0.6 is 0 Å². The quantitative estimate of drug-likeness (QED) is 0.810. The van der Waals surface area contributed by atoms with Crippen LogP contribution in [0, 0.1) is 12.8 Å². The van der Waals surface area contributed by atoms with E-state index in [2.05, 4.69) is 15.0 Å². The molecule has 1 atom stereocenters. The Morgan fingerprint density at radius 1 is 1.56 bits per heavy atom. The summed E-state index contributed by atoms with van der Waals surface area (Å²) >= 11 is 0. The number of piperidine rings is 1. The maximum Gasteiger partial charge on any atom is 0.223 e. The third-order valence-electron chi connectivity index (χ3n) is 3.09. The molecule has 2 heterocycles. The minimum atomic E-state index is 0.650. The summed E-state index contributed by atoms with van der Waals surface area (Å²) in [7, 11) is 0. The molecule has 0 radical (unpaired) electrons. The minimum Gasteiger partial charge on any atom is -0.340 e. The summed E-state index contributed by atoms with van der Waals surface area (Å²) in [5, 5.41) is 3.95. The van der Waals surface area contributed by atoms with Crippen LogP contribution in [0.3, 0.4) is 0 Å². The molecular formula is C11H20N4O. The van der Waals surface area contributed by atoms with Crippen molar-refractivity contribution in [1.82, 2.24) is 15.0 Å². The molecule has 5 heteroatoms. The Morgan fingerprint density at radius 2 is 2.44 bits per heavy atom. The highest BCUT2D eigenvalue weighted by Gasteiger charge is 2.21. The predicted octanol–water partition coefficient (Wildman–Crippen LogP) is 0.591. The Bertz CT molecular complexity index is 324. The zero-order chi connectivity index (χ0) is 11.4. The molecule has 2 N–H and O–H groups in total. The second-order valence-electron chi connectivity index (χ2n) is 4.53. The third kappa shape index (κ3) is 3.02. The van der Waals surface area contributed by atoms with Crippen LogP contribution in [0.5, 0.6) is 0 Å². The molecule has 1 fully saturated rings. The first-order valence-corrected chi connectivity index (χ1v) is 5.99. The topological polar surface area (TPSA) is 68.2 Å². The highest BCUT2D eigenvalue weighted by atomic mass is 16.5. The van der Waals surface area contributed by atoms with Crippen LogP contribution in [-0.2, 0) is 6.42 Å². The maximum atomic E-state index is 5.58. The van der Waals surface area contributed by atoms with Gasteiger partial charge in [-0.2, -0.15) is 4.98 Å². The Kier molecular flexibility index (Phi) is 3.90. The molecule has 1 unspecified atom stereocenters. The first-order valence-electron chi connectivity index (χ1n) is 5.99. The summed E-state index contributed by atoms with van der Waals surface area (Å²) in [5.41, 5.74) is 5.58. The number of hydrogen-bond donors (Lipinski definition) is 1. The van der Waals surface area contributed by atoms with Gasteiger partial charge in [-0.05, 0) is 25.3 Å². The van der Waals surface area contributed by atoms with Gasteiger partial charge in [-0.3, -0.25) is 0 Å². The number of nitrogens with two attached hydrogens (primary N) is 1. The molecule has 0 saturated carbocycles. The molecular weight excluding hydrogens is 204 g/mol. The molecule has 1 aliphatic heterocycles. The van der Waals surface area contributed by atoms with Crippen molar-refractivity contribution in [3.8, 4) is 0 Å². The van der Waals surface area contributed by atoms with Crippen molar-refractivity contribution in [2.45, 2.75) is 26.2 Å². The van der Waals surface area contributed by atoms with E-state index in [1.54, 1.807) is 0 Å². The van der Waals surface area contributed by atoms with Gasteiger partial charge in [-0.15, -0.1) is 0 Å². The van der Waals surface area contributed by atoms with Crippen molar-refractivity contribution >= 4 is 0 Å². The molecule has 1 aromatic rings. The van der Waals surface area contributed by atoms with Crippen molar-refractivity contribution in [3.63, 3.8) is 0 Å². The van der Waals surface area contributed by atoms with Gasteiger partial charge in [0.15, 0.2) is 5.82 Å². The van der Waals surface area contributed by atoms with Gasteiger partial charge in [0.1, 0.15) is 0 Å². The van der Waals surface area contributed by atoms with Gasteiger partial charge in [0, 0.05) is 33.0 Å². The van der Waals surface area contributed by atoms with E-state index in [-0.39, 0.29) is 0 Å². The van der Waals surface area contributed by atoms with Crippen LogP contribution in [0.15, 0.2) is 4.52 Å². The van der Waals surface area contributed by atoms with Crippen LogP contribution in [0.1, 0.15) is 24.6 Å². The summed E-state index contributed by atoms with van der Waals surface area (Å²) in [4.78, 5) is 6.69. The second kappa shape index (κ2) is 5.41. The summed E-state index contributed by atoms with van der Waals surface area (Å²) in [6, 6.07) is 0. The van der Waals surface area contributed by atoms with E-state index in [0.717, 1.165) is 31.9 Å². The van der Waals surface area contributed by atoms with Gasteiger partial charge >= 0.3 is 0 Å². The monoisotopic (exact) mass is 224 g/mol. The minimum absolute atomic E-state index is 0.650. The molecule has 90 valence electrons. The molecule has 0 spiro atoms. The first kappa shape index (κ1) is 11.5. The normalized spacial score (nSPS) is 22.5. The molecule has 1 aliphatic rings. The second-order valence-corrected chi connectivity index (χ2v) is 4.53. The molecule has 16 heavy (non-hydrogen) atoms. The van der Waals surface area contributed by atoms with Crippen LogP contribution in [-0.4, -0.2) is 41.2 Å². The van der Waals surface area contributed by atoms with Crippen LogP contribution < -0.4 is 5.73 Å². The van der Waals surface area contributed by atoms with Crippen molar-refractivity contribution in [3.05, 3.63) is 11.7 Å². The highest BCUT2D eigenvalue weighted by molar-refractivity contribution is 4.88. The standard InChI is InChI=1S/C11H20N4O/c1-9-13-11(14-16-9)7-10-3-2-5-15(8-10)6-4-12/h10H,2-8,12H2,1H3. The SMILES string of the molecule is Cc1nc(CC2CCCN(CCN)C2)no1. The fourth-order valence-corrected chi connectivity index (χ4v) is 2.39. The number of likely N-dealkylation sites (tertiary alicyclic amines) is 1. The van der Waals surface area contributed by atoms with E-state index in [1.807, 2.05) is 6.92 Å². The van der Waals surface area contributed by atoms with E-state index >= 15 is 0 Å². The molecule has 0 amide bonds. The van der Waals surface area contributed by atoms with Crippen LogP contribution in [0.4, 0.5) is 0 Å². The number of aryl methyl sites for hydroxylation is 1. The Hall–Kier alpha value is -0.940. The zero-order valence-electron chi connectivity index (χ0n) is 9.85. The number of rotatable bonds is 4. The lowest BCUT2D eigenvalue weighted by Crippen LogP contribution is -2.39. The summed E-state index contributed by atoms with van der Waals surface area (Å²) in [6.07, 6.45) is 3.44. The van der Waals surface area contributed by atoms with Gasteiger partial charge < -0.3 is 15.2 Å². The summed E-state index contributed by atoms with van der Waals surface area (Å²) in [6.45, 7) is 5.87. The average Bonchev–Trinajstić information content (AvgIpc) is 2.65. The fraction of sp³-hybridized carbons (Fsp3) is 0.818. The molecule has 1 saturated heterocycles. The maximum absolute atomic E-state index is 5.58. The van der Waals surface area contributed by atoms with Crippen LogP contribution in [0.25, 0.3) is 0 Å². The van der Waals surface area contributed by atoms with E-state index in [9.17, 15) is 0 Å². The van der Waals surface area contributed by atoms with Crippen molar-refractivity contribution in [1.29, 1.82) is 0 Å². The third-order valence-corrected chi connectivity index (χ3v) is 3.09. The lowest BCUT2D eigenvalue weighted by Gasteiger charge is -2.31. The molecule has 0 bridgehead atoms. The molecule has 5 nitrogen and oxygen atoms in total. The highest BCUT2D eigenvalue weighted by Crippen LogP contribution is 2.19. The first-order chi connectivity index (χ1) is 7.78. The van der Waals surface area contributed by atoms with E-state index in [4.69, 9.17) is 10.3 Å². The van der Waals surface area contributed by atoms with Crippen molar-refractivity contribution in [2.75, 3.05) is 26.2 Å². The van der Waals surface area contributed by atoms with Gasteiger partial charge in [-0.25, -0.2) is 0 Å². The van der Waals surface area contributed by atoms with Gasteiger partial charge in [0.05, 0.1) is 0 Å². The van der Waals surface area contributed by atoms with E-state index in [0.29, 0.717) is 11.8 Å². The van der Waals surface area contributed by atoms with Gasteiger partial charge in [0.2, 0.25) is 5.89 Å². The largest absolute Gasteiger partial charge is 0.340 e. The molecule has 2 rings (SSSR count). The lowest BCUT2D eigenvalue weighted by atomic mass is 9.94. The Balaban J connectivity index is 1.85. The lowest BCUT2D eigenvalue weighted by molar-refractivity contribution is 0.176. The molecule has 0 aromatic carbocycles. The Morgan fingerprint density at radius 3 is 3.12 bits per heavy atom.